The number of nitrogens with zero attached hydrogens (tertiary/aromatic N) is 2. The van der Waals surface area contributed by atoms with Crippen molar-refractivity contribution in [2.45, 2.75) is 20.5 Å². The molecule has 1 saturated heterocycles. The van der Waals surface area contributed by atoms with E-state index in [1.165, 1.54) is 0 Å². The number of amides is 2. The smallest absolute Gasteiger partial charge is 0.254 e. The predicted octanol–water partition coefficient (Wildman–Crippen LogP) is 3.21. The quantitative estimate of drug-likeness (QED) is 0.816. The molecule has 0 aliphatic carbocycles. The lowest BCUT2D eigenvalue weighted by Gasteiger charge is -2.35. The first kappa shape index (κ1) is 19.0. The van der Waals surface area contributed by atoms with Crippen LogP contribution in [0.3, 0.4) is 0 Å². The molecular weight excluding hydrogens is 340 g/mol. The van der Waals surface area contributed by atoms with Crippen molar-refractivity contribution in [3.8, 4) is 5.75 Å². The molecule has 0 saturated carbocycles. The van der Waals surface area contributed by atoms with Crippen molar-refractivity contribution in [3.05, 3.63) is 65.7 Å². The van der Waals surface area contributed by atoms with E-state index in [2.05, 4.69) is 0 Å². The molecule has 1 aliphatic heterocycles. The molecule has 142 valence electrons. The van der Waals surface area contributed by atoms with Crippen molar-refractivity contribution < 1.29 is 14.3 Å². The Morgan fingerprint density at radius 1 is 0.926 bits per heavy atom. The van der Waals surface area contributed by atoms with Crippen molar-refractivity contribution in [2.24, 2.45) is 5.92 Å². The molecule has 0 unspecified atom stereocenters. The average Bonchev–Trinajstić information content (AvgIpc) is 2.72. The molecule has 3 rings (SSSR count). The van der Waals surface area contributed by atoms with E-state index in [0.29, 0.717) is 44.1 Å². The molecule has 0 N–H and O–H groups in total. The zero-order chi connectivity index (χ0) is 19.2. The number of hydrogen-bond acceptors (Lipinski definition) is 3. The van der Waals surface area contributed by atoms with E-state index in [9.17, 15) is 9.59 Å². The normalized spacial score (nSPS) is 14.3. The third-order valence-electron chi connectivity index (χ3n) is 4.70. The summed E-state index contributed by atoms with van der Waals surface area (Å²) in [6.45, 7) is 6.58. The van der Waals surface area contributed by atoms with Crippen LogP contribution in [0.1, 0.15) is 29.8 Å². The molecule has 5 nitrogen and oxygen atoms in total. The monoisotopic (exact) mass is 366 g/mol. The van der Waals surface area contributed by atoms with Gasteiger partial charge in [-0.05, 0) is 23.8 Å². The summed E-state index contributed by atoms with van der Waals surface area (Å²) in [5.41, 5.74) is 1.70. The maximum Gasteiger partial charge on any atom is 0.254 e. The van der Waals surface area contributed by atoms with Crippen LogP contribution < -0.4 is 4.74 Å². The van der Waals surface area contributed by atoms with Gasteiger partial charge in [0, 0.05) is 37.7 Å². The minimum atomic E-state index is -0.0168. The number of piperazine rings is 1. The predicted molar refractivity (Wildman–Crippen MR) is 105 cm³/mol. The van der Waals surface area contributed by atoms with Gasteiger partial charge in [-0.1, -0.05) is 50.2 Å². The summed E-state index contributed by atoms with van der Waals surface area (Å²) in [4.78, 5) is 28.5. The topological polar surface area (TPSA) is 49.9 Å². The van der Waals surface area contributed by atoms with E-state index in [1.807, 2.05) is 67.3 Å². The number of rotatable bonds is 5. The van der Waals surface area contributed by atoms with E-state index >= 15 is 0 Å². The van der Waals surface area contributed by atoms with Gasteiger partial charge in [0.2, 0.25) is 5.91 Å². The van der Waals surface area contributed by atoms with Crippen LogP contribution in [0.4, 0.5) is 0 Å². The van der Waals surface area contributed by atoms with Crippen molar-refractivity contribution in [2.75, 3.05) is 26.2 Å². The second kappa shape index (κ2) is 8.71. The highest BCUT2D eigenvalue weighted by Crippen LogP contribution is 2.18. The standard InChI is InChI=1S/C22H26N2O3/c1-17(2)21(25)23-11-13-24(14-12-23)22(26)19-9-6-10-20(15-19)27-16-18-7-4-3-5-8-18/h3-10,15,17H,11-14,16H2,1-2H3. The van der Waals surface area contributed by atoms with Gasteiger partial charge in [-0.25, -0.2) is 0 Å². The first-order valence-electron chi connectivity index (χ1n) is 9.39. The maximum absolute atomic E-state index is 12.8. The van der Waals surface area contributed by atoms with Gasteiger partial charge < -0.3 is 14.5 Å². The molecular formula is C22H26N2O3. The summed E-state index contributed by atoms with van der Waals surface area (Å²) in [5.74, 6) is 0.805. The van der Waals surface area contributed by atoms with Crippen molar-refractivity contribution >= 4 is 11.8 Å². The Balaban J connectivity index is 1.58. The summed E-state index contributed by atoms with van der Waals surface area (Å²) in [5, 5.41) is 0. The summed E-state index contributed by atoms with van der Waals surface area (Å²) in [6.07, 6.45) is 0. The summed E-state index contributed by atoms with van der Waals surface area (Å²) < 4.78 is 5.82. The molecule has 2 amide bonds. The molecule has 0 spiro atoms. The third-order valence-corrected chi connectivity index (χ3v) is 4.70. The molecule has 1 aliphatic rings. The fourth-order valence-corrected chi connectivity index (χ4v) is 3.14. The Morgan fingerprint density at radius 3 is 2.26 bits per heavy atom. The van der Waals surface area contributed by atoms with Crippen LogP contribution in [-0.2, 0) is 11.4 Å². The van der Waals surface area contributed by atoms with Gasteiger partial charge >= 0.3 is 0 Å². The maximum atomic E-state index is 12.8. The van der Waals surface area contributed by atoms with E-state index in [1.54, 1.807) is 11.0 Å². The number of carbonyl (C=O) groups is 2. The highest BCUT2D eigenvalue weighted by molar-refractivity contribution is 5.94. The molecule has 0 radical (unpaired) electrons. The van der Waals surface area contributed by atoms with Crippen LogP contribution in [0.5, 0.6) is 5.75 Å². The van der Waals surface area contributed by atoms with E-state index in [0.717, 1.165) is 5.56 Å². The largest absolute Gasteiger partial charge is 0.489 e. The van der Waals surface area contributed by atoms with Crippen molar-refractivity contribution in [3.63, 3.8) is 0 Å². The molecule has 2 aromatic carbocycles. The highest BCUT2D eigenvalue weighted by atomic mass is 16.5. The summed E-state index contributed by atoms with van der Waals surface area (Å²) in [7, 11) is 0. The Kier molecular flexibility index (Phi) is 6.12. The second-order valence-electron chi connectivity index (χ2n) is 7.07. The molecule has 0 bridgehead atoms. The van der Waals surface area contributed by atoms with Gasteiger partial charge in [0.05, 0.1) is 0 Å². The van der Waals surface area contributed by atoms with E-state index < -0.39 is 0 Å². The Labute approximate surface area is 160 Å². The molecule has 5 heteroatoms. The van der Waals surface area contributed by atoms with Crippen LogP contribution in [0.25, 0.3) is 0 Å². The zero-order valence-electron chi connectivity index (χ0n) is 15.9. The van der Waals surface area contributed by atoms with Crippen molar-refractivity contribution in [1.29, 1.82) is 0 Å². The van der Waals surface area contributed by atoms with Gasteiger partial charge in [-0.15, -0.1) is 0 Å². The summed E-state index contributed by atoms with van der Waals surface area (Å²) >= 11 is 0. The van der Waals surface area contributed by atoms with Crippen LogP contribution >= 0.6 is 0 Å². The first-order chi connectivity index (χ1) is 13.0. The van der Waals surface area contributed by atoms with Crippen molar-refractivity contribution in [1.82, 2.24) is 9.80 Å². The average molecular weight is 366 g/mol. The van der Waals surface area contributed by atoms with Gasteiger partial charge in [0.15, 0.2) is 0 Å². The molecule has 0 aromatic heterocycles. The molecule has 27 heavy (non-hydrogen) atoms. The minimum absolute atomic E-state index is 0.00861. The molecule has 0 atom stereocenters. The lowest BCUT2D eigenvalue weighted by atomic mass is 10.1. The van der Waals surface area contributed by atoms with Gasteiger partial charge in [0.25, 0.3) is 5.91 Å². The fourth-order valence-electron chi connectivity index (χ4n) is 3.14. The lowest BCUT2D eigenvalue weighted by molar-refractivity contribution is -0.135. The SMILES string of the molecule is CC(C)C(=O)N1CCN(C(=O)c2cccc(OCc3ccccc3)c2)CC1. The van der Waals surface area contributed by atoms with Crippen LogP contribution in [0.15, 0.2) is 54.6 Å². The number of carbonyl (C=O) groups excluding carboxylic acids is 2. The third kappa shape index (κ3) is 4.88. The second-order valence-corrected chi connectivity index (χ2v) is 7.07. The molecule has 1 heterocycles. The minimum Gasteiger partial charge on any atom is -0.489 e. The van der Waals surface area contributed by atoms with Crippen LogP contribution in [-0.4, -0.2) is 47.8 Å². The van der Waals surface area contributed by atoms with Gasteiger partial charge in [-0.2, -0.15) is 0 Å². The Morgan fingerprint density at radius 2 is 1.59 bits per heavy atom. The highest BCUT2D eigenvalue weighted by Gasteiger charge is 2.26. The molecule has 2 aromatic rings. The fraction of sp³-hybridized carbons (Fsp3) is 0.364. The van der Waals surface area contributed by atoms with Gasteiger partial charge in [-0.3, -0.25) is 9.59 Å². The molecule has 1 fully saturated rings. The lowest BCUT2D eigenvalue weighted by Crippen LogP contribution is -2.51. The number of hydrogen-bond donors (Lipinski definition) is 0. The Hall–Kier alpha value is -2.82. The van der Waals surface area contributed by atoms with Crippen LogP contribution in [0.2, 0.25) is 0 Å². The zero-order valence-corrected chi connectivity index (χ0v) is 15.9. The number of ether oxygens (including phenoxy) is 1. The first-order valence-corrected chi connectivity index (χ1v) is 9.39. The van der Waals surface area contributed by atoms with Crippen LogP contribution in [0, 0.1) is 5.92 Å². The summed E-state index contributed by atoms with van der Waals surface area (Å²) in [6, 6.07) is 17.2. The number of benzene rings is 2. The van der Waals surface area contributed by atoms with Gasteiger partial charge in [0.1, 0.15) is 12.4 Å². The van der Waals surface area contributed by atoms with E-state index in [-0.39, 0.29) is 17.7 Å². The Bertz CT molecular complexity index is 781. The van der Waals surface area contributed by atoms with E-state index in [4.69, 9.17) is 4.74 Å².